The van der Waals surface area contributed by atoms with Crippen molar-refractivity contribution in [2.75, 3.05) is 7.11 Å². The zero-order valence-corrected chi connectivity index (χ0v) is 11.7. The normalized spacial score (nSPS) is 10.6. The number of carbonyl (C=O) groups is 2. The van der Waals surface area contributed by atoms with Crippen molar-refractivity contribution in [3.05, 3.63) is 59.8 Å². The molecular weight excluding hydrogens is 284 g/mol. The summed E-state index contributed by atoms with van der Waals surface area (Å²) in [5.74, 6) is -0.933. The number of aromatic nitrogens is 2. The molecule has 0 amide bonds. The smallest absolute Gasteiger partial charge is 0.357 e. The Morgan fingerprint density at radius 2 is 1.77 bits per heavy atom. The summed E-state index contributed by atoms with van der Waals surface area (Å²) in [5.41, 5.74) is 0.712. The van der Waals surface area contributed by atoms with Gasteiger partial charge in [0.2, 0.25) is 0 Å². The molecule has 6 nitrogen and oxygen atoms in total. The molecule has 0 atom stereocenters. The number of hydrogen-bond donors (Lipinski definition) is 1. The molecule has 0 aliphatic rings. The second kappa shape index (κ2) is 5.33. The molecule has 0 unspecified atom stereocenters. The average molecular weight is 296 g/mol. The van der Waals surface area contributed by atoms with Crippen LogP contribution in [0.15, 0.2) is 48.5 Å². The molecule has 0 saturated heterocycles. The lowest BCUT2D eigenvalue weighted by molar-refractivity contribution is 0.0691. The summed E-state index contributed by atoms with van der Waals surface area (Å²) in [6.45, 7) is 0. The minimum atomic E-state index is -1.17. The number of nitrogens with zero attached hydrogens (tertiary/aromatic N) is 2. The van der Waals surface area contributed by atoms with Gasteiger partial charge in [0.05, 0.1) is 12.6 Å². The summed E-state index contributed by atoms with van der Waals surface area (Å²) >= 11 is 0. The van der Waals surface area contributed by atoms with Gasteiger partial charge >= 0.3 is 5.97 Å². The van der Waals surface area contributed by atoms with E-state index in [2.05, 4.69) is 5.10 Å². The molecule has 2 aromatic carbocycles. The highest BCUT2D eigenvalue weighted by atomic mass is 16.5. The van der Waals surface area contributed by atoms with Crippen LogP contribution in [0.3, 0.4) is 0 Å². The number of carboxylic acids is 1. The number of methoxy groups -OCH3 is 1. The van der Waals surface area contributed by atoms with Gasteiger partial charge in [-0.25, -0.2) is 4.79 Å². The molecule has 3 rings (SSSR count). The molecule has 0 aliphatic heterocycles. The van der Waals surface area contributed by atoms with Crippen LogP contribution in [-0.4, -0.2) is 33.9 Å². The Bertz CT molecular complexity index is 865. The van der Waals surface area contributed by atoms with Crippen molar-refractivity contribution < 1.29 is 19.4 Å². The van der Waals surface area contributed by atoms with Gasteiger partial charge in [-0.2, -0.15) is 9.78 Å². The Hall–Kier alpha value is -3.15. The lowest BCUT2D eigenvalue weighted by Gasteiger charge is -2.04. The highest BCUT2D eigenvalue weighted by molar-refractivity contribution is 6.07. The van der Waals surface area contributed by atoms with E-state index < -0.39 is 11.9 Å². The molecule has 1 aromatic heterocycles. The van der Waals surface area contributed by atoms with E-state index in [1.807, 2.05) is 0 Å². The van der Waals surface area contributed by atoms with Crippen molar-refractivity contribution in [2.45, 2.75) is 0 Å². The van der Waals surface area contributed by atoms with Gasteiger partial charge in [0.1, 0.15) is 5.75 Å². The summed E-state index contributed by atoms with van der Waals surface area (Å²) in [6.07, 6.45) is 0. The van der Waals surface area contributed by atoms with Crippen molar-refractivity contribution in [3.8, 4) is 5.75 Å². The number of rotatable bonds is 3. The third-order valence-electron chi connectivity index (χ3n) is 3.32. The minimum absolute atomic E-state index is 0.141. The third kappa shape index (κ3) is 2.20. The molecule has 22 heavy (non-hydrogen) atoms. The number of carbonyl (C=O) groups excluding carboxylic acids is 1. The summed E-state index contributed by atoms with van der Waals surface area (Å²) in [4.78, 5) is 23.8. The molecule has 0 aliphatic carbocycles. The number of ether oxygens (including phenoxy) is 1. The zero-order chi connectivity index (χ0) is 15.7. The summed E-state index contributed by atoms with van der Waals surface area (Å²) in [7, 11) is 1.54. The van der Waals surface area contributed by atoms with Gasteiger partial charge < -0.3 is 9.84 Å². The van der Waals surface area contributed by atoms with Gasteiger partial charge in [-0.3, -0.25) is 4.79 Å². The number of fused-ring (bicyclic) bond motifs is 1. The predicted molar refractivity (Wildman–Crippen MR) is 79.4 cm³/mol. The van der Waals surface area contributed by atoms with Crippen LogP contribution in [0.25, 0.3) is 10.9 Å². The van der Waals surface area contributed by atoms with E-state index >= 15 is 0 Å². The fourth-order valence-electron chi connectivity index (χ4n) is 2.23. The first-order valence-corrected chi connectivity index (χ1v) is 6.51. The number of hydrogen-bond acceptors (Lipinski definition) is 4. The Labute approximate surface area is 125 Å². The Kier molecular flexibility index (Phi) is 3.34. The van der Waals surface area contributed by atoms with Crippen LogP contribution in [0, 0.1) is 0 Å². The Morgan fingerprint density at radius 3 is 2.41 bits per heavy atom. The molecule has 6 heteroatoms. The van der Waals surface area contributed by atoms with E-state index in [0.29, 0.717) is 22.2 Å². The van der Waals surface area contributed by atoms with E-state index in [9.17, 15) is 14.7 Å². The van der Waals surface area contributed by atoms with E-state index in [1.54, 1.807) is 48.5 Å². The first kappa shape index (κ1) is 13.8. The molecule has 0 radical (unpaired) electrons. The minimum Gasteiger partial charge on any atom is -0.497 e. The van der Waals surface area contributed by atoms with E-state index in [1.165, 1.54) is 7.11 Å². The second-order valence-corrected chi connectivity index (χ2v) is 4.62. The molecule has 110 valence electrons. The van der Waals surface area contributed by atoms with E-state index in [0.717, 1.165) is 4.68 Å². The summed E-state index contributed by atoms with van der Waals surface area (Å²) in [5, 5.41) is 13.6. The zero-order valence-electron chi connectivity index (χ0n) is 11.7. The van der Waals surface area contributed by atoms with Crippen LogP contribution in [0.1, 0.15) is 20.8 Å². The standard InChI is InChI=1S/C16H12N2O4/c1-22-11-8-6-10(7-9-11)15(19)18-13-5-3-2-4-12(13)14(17-18)16(20)21/h2-9H,1H3,(H,20,21). The molecule has 0 fully saturated rings. The third-order valence-corrected chi connectivity index (χ3v) is 3.32. The lowest BCUT2D eigenvalue weighted by atomic mass is 10.2. The SMILES string of the molecule is COc1ccc(C(=O)n2nc(C(=O)O)c3ccccc32)cc1. The first-order chi connectivity index (χ1) is 10.6. The molecule has 1 N–H and O–H groups in total. The molecule has 0 bridgehead atoms. The Balaban J connectivity index is 2.12. The fourth-order valence-corrected chi connectivity index (χ4v) is 2.23. The second-order valence-electron chi connectivity index (χ2n) is 4.62. The molecule has 0 spiro atoms. The molecular formula is C16H12N2O4. The van der Waals surface area contributed by atoms with Crippen LogP contribution >= 0.6 is 0 Å². The number of aromatic carboxylic acids is 1. The van der Waals surface area contributed by atoms with Crippen LogP contribution in [0.2, 0.25) is 0 Å². The fraction of sp³-hybridized carbons (Fsp3) is 0.0625. The topological polar surface area (TPSA) is 81.4 Å². The van der Waals surface area contributed by atoms with E-state index in [4.69, 9.17) is 4.74 Å². The number of carboxylic acid groups (broad SMARTS) is 1. The Morgan fingerprint density at radius 1 is 1.09 bits per heavy atom. The number of para-hydroxylation sites is 1. The van der Waals surface area contributed by atoms with Crippen LogP contribution < -0.4 is 4.74 Å². The van der Waals surface area contributed by atoms with Gasteiger partial charge in [-0.05, 0) is 30.3 Å². The van der Waals surface area contributed by atoms with E-state index in [-0.39, 0.29) is 5.69 Å². The van der Waals surface area contributed by atoms with Crippen molar-refractivity contribution in [1.29, 1.82) is 0 Å². The van der Waals surface area contributed by atoms with Crippen LogP contribution in [-0.2, 0) is 0 Å². The monoisotopic (exact) mass is 296 g/mol. The van der Waals surface area contributed by atoms with Crippen molar-refractivity contribution in [2.24, 2.45) is 0 Å². The van der Waals surface area contributed by atoms with Crippen molar-refractivity contribution in [3.63, 3.8) is 0 Å². The van der Waals surface area contributed by atoms with Crippen LogP contribution in [0.4, 0.5) is 0 Å². The summed E-state index contributed by atoms with van der Waals surface area (Å²) < 4.78 is 6.16. The molecule has 3 aromatic rings. The maximum atomic E-state index is 12.6. The van der Waals surface area contributed by atoms with Crippen molar-refractivity contribution >= 4 is 22.8 Å². The highest BCUT2D eigenvalue weighted by Gasteiger charge is 2.20. The van der Waals surface area contributed by atoms with Gasteiger partial charge in [-0.1, -0.05) is 18.2 Å². The predicted octanol–water partition coefficient (Wildman–Crippen LogP) is 2.43. The van der Waals surface area contributed by atoms with Gasteiger partial charge in [0.15, 0.2) is 5.69 Å². The summed E-state index contributed by atoms with van der Waals surface area (Å²) in [6, 6.07) is 13.3. The molecule has 0 saturated carbocycles. The largest absolute Gasteiger partial charge is 0.497 e. The van der Waals surface area contributed by atoms with Gasteiger partial charge in [0, 0.05) is 10.9 Å². The average Bonchev–Trinajstić information content (AvgIpc) is 2.94. The van der Waals surface area contributed by atoms with Gasteiger partial charge in [0.25, 0.3) is 5.91 Å². The number of benzene rings is 2. The van der Waals surface area contributed by atoms with Gasteiger partial charge in [-0.15, -0.1) is 0 Å². The van der Waals surface area contributed by atoms with Crippen LogP contribution in [0.5, 0.6) is 5.75 Å². The lowest BCUT2D eigenvalue weighted by Crippen LogP contribution is -2.14. The quantitative estimate of drug-likeness (QED) is 0.802. The van der Waals surface area contributed by atoms with Crippen molar-refractivity contribution in [1.82, 2.24) is 9.78 Å². The first-order valence-electron chi connectivity index (χ1n) is 6.51. The molecule has 1 heterocycles. The maximum Gasteiger partial charge on any atom is 0.357 e. The highest BCUT2D eigenvalue weighted by Crippen LogP contribution is 2.20. The maximum absolute atomic E-state index is 12.6.